The van der Waals surface area contributed by atoms with Gasteiger partial charge >= 0.3 is 0 Å². The maximum atomic E-state index is 13.7. The Morgan fingerprint density at radius 2 is 2.06 bits per heavy atom. The number of thioether (sulfide) groups is 1. The Balaban J connectivity index is 1.50. The van der Waals surface area contributed by atoms with Crippen LogP contribution in [0.4, 0.5) is 0 Å². The molecule has 1 aliphatic carbocycles. The number of rotatable bonds is 7. The van der Waals surface area contributed by atoms with Crippen molar-refractivity contribution in [1.82, 2.24) is 14.9 Å². The number of carbonyl (C=O) groups is 1. The number of furan rings is 1. The fourth-order valence-electron chi connectivity index (χ4n) is 4.02. The van der Waals surface area contributed by atoms with Crippen molar-refractivity contribution in [2.24, 2.45) is 0 Å². The van der Waals surface area contributed by atoms with Crippen LogP contribution in [0, 0.1) is 0 Å². The third-order valence-electron chi connectivity index (χ3n) is 5.66. The molecular weight excluding hydrogens is 458 g/mol. The highest BCUT2D eigenvalue weighted by molar-refractivity contribution is 7.99. The van der Waals surface area contributed by atoms with E-state index in [1.165, 1.54) is 16.6 Å². The number of nitrogens with zero attached hydrogens (tertiary/aromatic N) is 2. The predicted octanol–water partition coefficient (Wildman–Crippen LogP) is 4.34. The molecule has 7 nitrogen and oxygen atoms in total. The van der Waals surface area contributed by atoms with Crippen LogP contribution in [0.5, 0.6) is 5.75 Å². The average molecular weight is 482 g/mol. The van der Waals surface area contributed by atoms with Gasteiger partial charge in [0.2, 0.25) is 5.91 Å². The molecule has 3 heterocycles. The third-order valence-corrected chi connectivity index (χ3v) is 7.79. The SMILES string of the molecule is COc1ccc(-n2c(SCC(=O)NCc3ccco3)nc3sc4c(c3c2=O)CCCC4)cc1. The van der Waals surface area contributed by atoms with Crippen molar-refractivity contribution in [1.29, 1.82) is 0 Å². The summed E-state index contributed by atoms with van der Waals surface area (Å²) < 4.78 is 12.1. The molecule has 3 aromatic heterocycles. The fourth-order valence-corrected chi connectivity index (χ4v) is 6.17. The van der Waals surface area contributed by atoms with Crippen LogP contribution in [-0.2, 0) is 24.2 Å². The molecule has 1 N–H and O–H groups in total. The molecule has 9 heteroatoms. The Morgan fingerprint density at radius 1 is 1.24 bits per heavy atom. The van der Waals surface area contributed by atoms with Gasteiger partial charge in [0.15, 0.2) is 5.16 Å². The normalized spacial score (nSPS) is 13.1. The van der Waals surface area contributed by atoms with E-state index in [0.29, 0.717) is 28.9 Å². The number of fused-ring (bicyclic) bond motifs is 3. The van der Waals surface area contributed by atoms with Crippen LogP contribution in [0.1, 0.15) is 29.0 Å². The number of thiophene rings is 1. The van der Waals surface area contributed by atoms with E-state index in [1.54, 1.807) is 35.3 Å². The first kappa shape index (κ1) is 21.8. The zero-order chi connectivity index (χ0) is 22.8. The lowest BCUT2D eigenvalue weighted by Gasteiger charge is -2.14. The summed E-state index contributed by atoms with van der Waals surface area (Å²) in [5.74, 6) is 1.38. The molecule has 0 fully saturated rings. The van der Waals surface area contributed by atoms with Crippen molar-refractivity contribution in [2.75, 3.05) is 12.9 Å². The standard InChI is InChI=1S/C24H23N3O4S2/c1-30-16-10-8-15(9-11-16)27-23(29)21-18-6-2-3-7-19(18)33-22(21)26-24(27)32-14-20(28)25-13-17-5-4-12-31-17/h4-5,8-12H,2-3,6-7,13-14H2,1H3,(H,25,28). The Labute approximate surface area is 198 Å². The molecule has 0 saturated carbocycles. The first-order chi connectivity index (χ1) is 16.1. The minimum Gasteiger partial charge on any atom is -0.497 e. The fraction of sp³-hybridized carbons (Fsp3) is 0.292. The Morgan fingerprint density at radius 3 is 2.82 bits per heavy atom. The van der Waals surface area contributed by atoms with E-state index in [-0.39, 0.29) is 17.2 Å². The van der Waals surface area contributed by atoms with Crippen molar-refractivity contribution < 1.29 is 13.9 Å². The van der Waals surface area contributed by atoms with Gasteiger partial charge in [-0.2, -0.15) is 0 Å². The van der Waals surface area contributed by atoms with Crippen LogP contribution in [-0.4, -0.2) is 28.3 Å². The monoisotopic (exact) mass is 481 g/mol. The molecule has 0 spiro atoms. The van der Waals surface area contributed by atoms with Gasteiger partial charge in [0, 0.05) is 4.88 Å². The maximum absolute atomic E-state index is 13.7. The number of carbonyl (C=O) groups excluding carboxylic acids is 1. The lowest BCUT2D eigenvalue weighted by molar-refractivity contribution is -0.118. The summed E-state index contributed by atoms with van der Waals surface area (Å²) in [6, 6.07) is 10.9. The van der Waals surface area contributed by atoms with Crippen molar-refractivity contribution >= 4 is 39.2 Å². The molecule has 0 unspecified atom stereocenters. The number of benzene rings is 1. The van der Waals surface area contributed by atoms with Crippen LogP contribution in [0.3, 0.4) is 0 Å². The lowest BCUT2D eigenvalue weighted by Crippen LogP contribution is -2.26. The van der Waals surface area contributed by atoms with Gasteiger partial charge in [-0.15, -0.1) is 11.3 Å². The quantitative estimate of drug-likeness (QED) is 0.312. The summed E-state index contributed by atoms with van der Waals surface area (Å²) in [7, 11) is 1.61. The Kier molecular flexibility index (Phi) is 6.24. The van der Waals surface area contributed by atoms with Gasteiger partial charge < -0.3 is 14.5 Å². The van der Waals surface area contributed by atoms with Crippen molar-refractivity contribution in [3.63, 3.8) is 0 Å². The van der Waals surface area contributed by atoms with E-state index in [0.717, 1.165) is 41.5 Å². The molecule has 5 rings (SSSR count). The van der Waals surface area contributed by atoms with Crippen LogP contribution < -0.4 is 15.6 Å². The zero-order valence-electron chi connectivity index (χ0n) is 18.1. The van der Waals surface area contributed by atoms with Gasteiger partial charge in [-0.25, -0.2) is 4.98 Å². The van der Waals surface area contributed by atoms with Crippen LogP contribution in [0.15, 0.2) is 57.0 Å². The smallest absolute Gasteiger partial charge is 0.267 e. The van der Waals surface area contributed by atoms with Crippen LogP contribution in [0.25, 0.3) is 15.9 Å². The highest BCUT2D eigenvalue weighted by Crippen LogP contribution is 2.35. The summed E-state index contributed by atoms with van der Waals surface area (Å²) in [4.78, 5) is 33.1. The number of aromatic nitrogens is 2. The number of hydrogen-bond donors (Lipinski definition) is 1. The molecule has 0 aliphatic heterocycles. The predicted molar refractivity (Wildman–Crippen MR) is 130 cm³/mol. The molecule has 4 aromatic rings. The second-order valence-corrected chi connectivity index (χ2v) is 9.79. The highest BCUT2D eigenvalue weighted by atomic mass is 32.2. The van der Waals surface area contributed by atoms with E-state index >= 15 is 0 Å². The van der Waals surface area contributed by atoms with Gasteiger partial charge in [-0.1, -0.05) is 11.8 Å². The number of nitrogens with one attached hydrogen (secondary N) is 1. The molecule has 33 heavy (non-hydrogen) atoms. The molecule has 170 valence electrons. The lowest BCUT2D eigenvalue weighted by atomic mass is 9.97. The Bertz CT molecular complexity index is 1340. The first-order valence-corrected chi connectivity index (χ1v) is 12.6. The number of hydrogen-bond acceptors (Lipinski definition) is 7. The van der Waals surface area contributed by atoms with Gasteiger partial charge in [-0.3, -0.25) is 14.2 Å². The first-order valence-electron chi connectivity index (χ1n) is 10.8. The summed E-state index contributed by atoms with van der Waals surface area (Å²) in [6.45, 7) is 0.321. The molecule has 0 atom stereocenters. The van der Waals surface area contributed by atoms with E-state index in [1.807, 2.05) is 30.3 Å². The summed E-state index contributed by atoms with van der Waals surface area (Å²) in [5, 5.41) is 4.06. The maximum Gasteiger partial charge on any atom is 0.267 e. The van der Waals surface area contributed by atoms with E-state index in [2.05, 4.69) is 5.32 Å². The minimum absolute atomic E-state index is 0.0805. The largest absolute Gasteiger partial charge is 0.497 e. The number of aryl methyl sites for hydroxylation is 2. The van der Waals surface area contributed by atoms with Crippen molar-refractivity contribution in [3.05, 3.63) is 69.2 Å². The minimum atomic E-state index is -0.155. The zero-order valence-corrected chi connectivity index (χ0v) is 19.8. The van der Waals surface area contributed by atoms with Crippen molar-refractivity contribution in [3.8, 4) is 11.4 Å². The molecule has 0 saturated heterocycles. The van der Waals surface area contributed by atoms with Crippen LogP contribution >= 0.6 is 23.1 Å². The summed E-state index contributed by atoms with van der Waals surface area (Å²) >= 11 is 2.87. The molecule has 0 radical (unpaired) electrons. The van der Waals surface area contributed by atoms with E-state index in [9.17, 15) is 9.59 Å². The summed E-state index contributed by atoms with van der Waals surface area (Å²) in [5.41, 5.74) is 1.77. The molecule has 1 aliphatic rings. The molecule has 0 bridgehead atoms. The van der Waals surface area contributed by atoms with Crippen molar-refractivity contribution in [2.45, 2.75) is 37.4 Å². The third kappa shape index (κ3) is 4.43. The van der Waals surface area contributed by atoms with Gasteiger partial charge in [0.1, 0.15) is 16.3 Å². The van der Waals surface area contributed by atoms with E-state index < -0.39 is 0 Å². The second kappa shape index (κ2) is 9.44. The molecule has 1 aromatic carbocycles. The number of amides is 1. The van der Waals surface area contributed by atoms with Gasteiger partial charge in [0.05, 0.1) is 36.7 Å². The molecular formula is C24H23N3O4S2. The van der Waals surface area contributed by atoms with Crippen LogP contribution in [0.2, 0.25) is 0 Å². The molecule has 1 amide bonds. The van der Waals surface area contributed by atoms with Gasteiger partial charge in [-0.05, 0) is 67.6 Å². The summed E-state index contributed by atoms with van der Waals surface area (Å²) in [6.07, 6.45) is 5.72. The number of methoxy groups -OCH3 is 1. The second-order valence-electron chi connectivity index (χ2n) is 7.77. The topological polar surface area (TPSA) is 86.4 Å². The highest BCUT2D eigenvalue weighted by Gasteiger charge is 2.23. The van der Waals surface area contributed by atoms with E-state index in [4.69, 9.17) is 14.1 Å². The number of ether oxygens (including phenoxy) is 1. The Hall–Kier alpha value is -3.04. The van der Waals surface area contributed by atoms with Gasteiger partial charge in [0.25, 0.3) is 5.56 Å². The average Bonchev–Trinajstić information content (AvgIpc) is 3.49.